The Kier molecular flexibility index (Phi) is 5.96. The maximum Gasteiger partial charge on any atom is 0.246 e. The van der Waals surface area contributed by atoms with Gasteiger partial charge in [-0.25, -0.2) is 4.90 Å². The van der Waals surface area contributed by atoms with Gasteiger partial charge in [-0.2, -0.15) is 0 Å². The van der Waals surface area contributed by atoms with Gasteiger partial charge in [-0.1, -0.05) is 77.8 Å². The molecule has 2 saturated heterocycles. The molecule has 2 heterocycles. The third-order valence-corrected chi connectivity index (χ3v) is 10.2. The monoisotopic (exact) mass is 580 g/mol. The second-order valence-corrected chi connectivity index (χ2v) is 12.3. The Morgan fingerprint density at radius 3 is 2.36 bits per heavy atom. The van der Waals surface area contributed by atoms with Gasteiger partial charge in [0, 0.05) is 23.6 Å². The number of rotatable bonds is 3. The van der Waals surface area contributed by atoms with Crippen molar-refractivity contribution in [3.63, 3.8) is 0 Å². The molecule has 2 aliphatic heterocycles. The molecule has 0 spiro atoms. The molecule has 212 valence electrons. The van der Waals surface area contributed by atoms with Crippen molar-refractivity contribution < 1.29 is 24.3 Å². The number of amides is 4. The van der Waals surface area contributed by atoms with E-state index < -0.39 is 40.9 Å². The van der Waals surface area contributed by atoms with Gasteiger partial charge in [0.2, 0.25) is 23.6 Å². The van der Waals surface area contributed by atoms with E-state index in [0.717, 1.165) is 5.57 Å². The number of allylic oxidation sites excluding steroid dienone is 2. The molecule has 1 N–H and O–H groups in total. The fourth-order valence-electron chi connectivity index (χ4n) is 8.16. The van der Waals surface area contributed by atoms with Crippen LogP contribution in [0.2, 0.25) is 5.02 Å². The van der Waals surface area contributed by atoms with Crippen LogP contribution in [0, 0.1) is 30.6 Å². The molecule has 0 bridgehead atoms. The molecule has 42 heavy (non-hydrogen) atoms. The summed E-state index contributed by atoms with van der Waals surface area (Å²) in [6.45, 7) is 1.80. The number of hydrogen-bond donors (Lipinski definition) is 1. The van der Waals surface area contributed by atoms with Gasteiger partial charge in [0.1, 0.15) is 5.75 Å². The van der Waals surface area contributed by atoms with Gasteiger partial charge in [0.25, 0.3) is 0 Å². The van der Waals surface area contributed by atoms with E-state index in [1.807, 2.05) is 42.5 Å². The van der Waals surface area contributed by atoms with Gasteiger partial charge in [-0.05, 0) is 55.0 Å². The maximum atomic E-state index is 15.1. The first-order valence-electron chi connectivity index (χ1n) is 14.2. The predicted octanol–water partition coefficient (Wildman–Crippen LogP) is 5.15. The van der Waals surface area contributed by atoms with E-state index in [0.29, 0.717) is 33.8 Å². The second kappa shape index (κ2) is 9.39. The summed E-state index contributed by atoms with van der Waals surface area (Å²) in [5.41, 5.74) is 1.62. The molecular formula is C34H29ClN2O5. The number of likely N-dealkylation sites (tertiary alicyclic amines) is 1. The average Bonchev–Trinajstić information content (AvgIpc) is 3.35. The molecule has 1 saturated carbocycles. The first-order chi connectivity index (χ1) is 20.2. The molecule has 7 nitrogen and oxygen atoms in total. The van der Waals surface area contributed by atoms with Crippen LogP contribution in [-0.2, 0) is 24.6 Å². The van der Waals surface area contributed by atoms with E-state index in [4.69, 9.17) is 11.6 Å². The van der Waals surface area contributed by atoms with E-state index in [9.17, 15) is 19.5 Å². The number of hydrogen-bond acceptors (Lipinski definition) is 5. The van der Waals surface area contributed by atoms with E-state index >= 15 is 4.79 Å². The van der Waals surface area contributed by atoms with Crippen LogP contribution in [0.15, 0.2) is 84.4 Å². The van der Waals surface area contributed by atoms with Gasteiger partial charge in [-0.3, -0.25) is 24.1 Å². The topological polar surface area (TPSA) is 95.0 Å². The third kappa shape index (κ3) is 3.40. The molecule has 6 atom stereocenters. The standard InChI is InChI=1S/C34H29ClN2O5/c1-18-8-6-13-24(29(18)38)28-22-14-15-23-27(32(41)36(2)30(23)39)25(22)17-26-31(40)37(21-12-7-11-20(35)16-21)33(42)34(26,28)19-9-4-3-5-10-19/h3-14,16,23,25-28,38H,15,17H2,1-2H3/t23-,25+,26-,27-,28+,34+/m0/s1. The molecule has 3 aromatic carbocycles. The lowest BCUT2D eigenvalue weighted by atomic mass is 9.49. The first kappa shape index (κ1) is 26.7. The highest BCUT2D eigenvalue weighted by molar-refractivity contribution is 6.32. The number of phenols is 1. The number of halogens is 1. The average molecular weight is 581 g/mol. The van der Waals surface area contributed by atoms with Gasteiger partial charge in [0.05, 0.1) is 28.9 Å². The summed E-state index contributed by atoms with van der Waals surface area (Å²) in [6, 6.07) is 21.4. The Balaban J connectivity index is 1.54. The number of phenolic OH excluding ortho intramolecular Hbond substituents is 1. The Morgan fingerprint density at radius 1 is 0.881 bits per heavy atom. The van der Waals surface area contributed by atoms with Crippen LogP contribution in [0.3, 0.4) is 0 Å². The minimum absolute atomic E-state index is 0.0487. The van der Waals surface area contributed by atoms with Crippen LogP contribution in [0.1, 0.15) is 35.4 Å². The number of para-hydroxylation sites is 1. The zero-order valence-electron chi connectivity index (χ0n) is 23.2. The molecular weight excluding hydrogens is 552 g/mol. The lowest BCUT2D eigenvalue weighted by molar-refractivity contribution is -0.138. The SMILES string of the molecule is Cc1cccc([C@H]2C3=CC[C@@H]4C(=O)N(C)C(=O)[C@@H]4[C@@H]3C[C@H]3C(=O)N(c4cccc(Cl)c4)C(=O)[C@@]23c2ccccc2)c1O. The van der Waals surface area contributed by atoms with Crippen molar-refractivity contribution in [1.29, 1.82) is 0 Å². The normalized spacial score (nSPS) is 30.3. The summed E-state index contributed by atoms with van der Waals surface area (Å²) in [5, 5.41) is 11.9. The van der Waals surface area contributed by atoms with Gasteiger partial charge in [0.15, 0.2) is 0 Å². The molecule has 4 aliphatic rings. The highest BCUT2D eigenvalue weighted by atomic mass is 35.5. The summed E-state index contributed by atoms with van der Waals surface area (Å²) >= 11 is 6.32. The van der Waals surface area contributed by atoms with Crippen LogP contribution >= 0.6 is 11.6 Å². The molecule has 7 rings (SSSR count). The Labute approximate surface area is 248 Å². The number of imide groups is 2. The molecule has 3 fully saturated rings. The second-order valence-electron chi connectivity index (χ2n) is 11.8. The van der Waals surface area contributed by atoms with E-state index in [1.165, 1.54) is 16.8 Å². The fourth-order valence-corrected chi connectivity index (χ4v) is 8.34. The summed E-state index contributed by atoms with van der Waals surface area (Å²) in [4.78, 5) is 58.6. The summed E-state index contributed by atoms with van der Waals surface area (Å²) in [5.74, 6) is -4.41. The van der Waals surface area contributed by atoms with Crippen molar-refractivity contribution in [2.45, 2.75) is 31.1 Å². The minimum Gasteiger partial charge on any atom is -0.507 e. The first-order valence-corrected chi connectivity index (χ1v) is 14.5. The predicted molar refractivity (Wildman–Crippen MR) is 157 cm³/mol. The number of carbonyl (C=O) groups is 4. The molecule has 8 heteroatoms. The van der Waals surface area contributed by atoms with Crippen LogP contribution in [0.25, 0.3) is 0 Å². The third-order valence-electron chi connectivity index (χ3n) is 9.97. The van der Waals surface area contributed by atoms with E-state index in [2.05, 4.69) is 0 Å². The molecule has 2 aliphatic carbocycles. The molecule has 0 unspecified atom stereocenters. The van der Waals surface area contributed by atoms with Crippen LogP contribution < -0.4 is 4.90 Å². The van der Waals surface area contributed by atoms with E-state index in [1.54, 1.807) is 43.3 Å². The molecule has 0 aromatic heterocycles. The minimum atomic E-state index is -1.40. The zero-order valence-corrected chi connectivity index (χ0v) is 23.9. The van der Waals surface area contributed by atoms with Crippen molar-refractivity contribution >= 4 is 40.9 Å². The quantitative estimate of drug-likeness (QED) is 0.342. The maximum absolute atomic E-state index is 15.1. The lowest BCUT2D eigenvalue weighted by Crippen LogP contribution is -2.53. The summed E-state index contributed by atoms with van der Waals surface area (Å²) in [7, 11) is 1.51. The summed E-state index contributed by atoms with van der Waals surface area (Å²) < 4.78 is 0. The van der Waals surface area contributed by atoms with Crippen LogP contribution in [0.4, 0.5) is 5.69 Å². The van der Waals surface area contributed by atoms with Crippen molar-refractivity contribution in [1.82, 2.24) is 4.90 Å². The van der Waals surface area contributed by atoms with Gasteiger partial charge in [-0.15, -0.1) is 0 Å². The van der Waals surface area contributed by atoms with Crippen LogP contribution in [-0.4, -0.2) is 40.7 Å². The number of nitrogens with zero attached hydrogens (tertiary/aromatic N) is 2. The Hall–Kier alpha value is -4.23. The van der Waals surface area contributed by atoms with Crippen molar-refractivity contribution in [2.75, 3.05) is 11.9 Å². The number of carbonyl (C=O) groups excluding carboxylic acids is 4. The van der Waals surface area contributed by atoms with Gasteiger partial charge >= 0.3 is 0 Å². The lowest BCUT2D eigenvalue weighted by Gasteiger charge is -2.50. The Bertz CT molecular complexity index is 1720. The molecule has 3 aromatic rings. The largest absolute Gasteiger partial charge is 0.507 e. The fraction of sp³-hybridized carbons (Fsp3) is 0.294. The summed E-state index contributed by atoms with van der Waals surface area (Å²) in [6.07, 6.45) is 2.56. The highest BCUT2D eigenvalue weighted by Gasteiger charge is 2.70. The number of anilines is 1. The highest BCUT2D eigenvalue weighted by Crippen LogP contribution is 2.65. The number of fused-ring (bicyclic) bond motifs is 4. The Morgan fingerprint density at radius 2 is 1.62 bits per heavy atom. The van der Waals surface area contributed by atoms with Crippen molar-refractivity contribution in [2.24, 2.45) is 23.7 Å². The van der Waals surface area contributed by atoms with Gasteiger partial charge < -0.3 is 5.11 Å². The van der Waals surface area contributed by atoms with Crippen molar-refractivity contribution in [3.8, 4) is 5.75 Å². The van der Waals surface area contributed by atoms with Crippen molar-refractivity contribution in [3.05, 3.63) is 106 Å². The zero-order chi connectivity index (χ0) is 29.5. The number of aromatic hydroxyl groups is 1. The number of aryl methyl sites for hydroxylation is 1. The van der Waals surface area contributed by atoms with Crippen LogP contribution in [0.5, 0.6) is 5.75 Å². The smallest absolute Gasteiger partial charge is 0.246 e. The molecule has 4 amide bonds. The number of benzene rings is 3. The van der Waals surface area contributed by atoms with E-state index in [-0.39, 0.29) is 29.9 Å². The molecule has 0 radical (unpaired) electrons.